The Morgan fingerprint density at radius 2 is 2.12 bits per heavy atom. The van der Waals surface area contributed by atoms with Crippen molar-refractivity contribution in [1.29, 1.82) is 0 Å². The van der Waals surface area contributed by atoms with E-state index in [-0.39, 0.29) is 0 Å². The molecule has 16 heavy (non-hydrogen) atoms. The van der Waals surface area contributed by atoms with Gasteiger partial charge in [-0.15, -0.1) is 0 Å². The van der Waals surface area contributed by atoms with Crippen molar-refractivity contribution in [2.75, 3.05) is 7.11 Å². The van der Waals surface area contributed by atoms with Gasteiger partial charge in [-0.2, -0.15) is 11.3 Å². The van der Waals surface area contributed by atoms with Gasteiger partial charge in [0.1, 0.15) is 0 Å². The lowest BCUT2D eigenvalue weighted by Crippen LogP contribution is -2.27. The Kier molecular flexibility index (Phi) is 4.49. The zero-order valence-corrected chi connectivity index (χ0v) is 10.3. The van der Waals surface area contributed by atoms with Gasteiger partial charge in [-0.05, 0) is 24.3 Å². The first kappa shape index (κ1) is 12.7. The molecule has 1 rings (SSSR count). The molecule has 0 spiro atoms. The Bertz CT molecular complexity index is 383. The Morgan fingerprint density at radius 1 is 1.44 bits per heavy atom. The zero-order valence-electron chi connectivity index (χ0n) is 9.48. The van der Waals surface area contributed by atoms with E-state index in [0.717, 1.165) is 5.56 Å². The summed E-state index contributed by atoms with van der Waals surface area (Å²) in [7, 11) is 1.27. The number of thiophene rings is 1. The molecule has 5 heteroatoms. The van der Waals surface area contributed by atoms with Gasteiger partial charge >= 0.3 is 11.9 Å². The van der Waals surface area contributed by atoms with Crippen LogP contribution in [0.25, 0.3) is 0 Å². The van der Waals surface area contributed by atoms with Gasteiger partial charge in [0.15, 0.2) is 6.10 Å². The highest BCUT2D eigenvalue weighted by Gasteiger charge is 2.23. The number of esters is 2. The molecule has 0 amide bonds. The number of carbonyl (C=O) groups excluding carboxylic acids is 2. The summed E-state index contributed by atoms with van der Waals surface area (Å²) in [5.74, 6) is -1.00. The lowest BCUT2D eigenvalue weighted by Gasteiger charge is -2.13. The highest BCUT2D eigenvalue weighted by molar-refractivity contribution is 7.08. The van der Waals surface area contributed by atoms with Crippen molar-refractivity contribution in [2.24, 2.45) is 0 Å². The maximum Gasteiger partial charge on any atom is 0.347 e. The van der Waals surface area contributed by atoms with Gasteiger partial charge in [0.2, 0.25) is 0 Å². The molecular formula is C11H14O4S. The summed E-state index contributed by atoms with van der Waals surface area (Å²) in [6.07, 6.45) is -0.418. The maximum atomic E-state index is 11.7. The molecule has 0 bridgehead atoms. The topological polar surface area (TPSA) is 52.6 Å². The number of aryl methyl sites for hydroxylation is 1. The van der Waals surface area contributed by atoms with Crippen molar-refractivity contribution < 1.29 is 19.1 Å². The Morgan fingerprint density at radius 3 is 2.56 bits per heavy atom. The Labute approximate surface area is 98.2 Å². The molecule has 0 aliphatic rings. The Balaban J connectivity index is 2.70. The van der Waals surface area contributed by atoms with E-state index in [4.69, 9.17) is 4.74 Å². The summed E-state index contributed by atoms with van der Waals surface area (Å²) >= 11 is 1.43. The van der Waals surface area contributed by atoms with Crippen molar-refractivity contribution >= 4 is 23.3 Å². The lowest BCUT2D eigenvalue weighted by molar-refractivity contribution is -0.151. The van der Waals surface area contributed by atoms with Crippen LogP contribution in [0.15, 0.2) is 10.8 Å². The van der Waals surface area contributed by atoms with Crippen molar-refractivity contribution in [2.45, 2.75) is 26.4 Å². The third kappa shape index (κ3) is 2.82. The van der Waals surface area contributed by atoms with Crippen LogP contribution in [0, 0.1) is 6.92 Å². The molecule has 1 aromatic heterocycles. The van der Waals surface area contributed by atoms with Crippen LogP contribution in [-0.2, 0) is 14.3 Å². The van der Waals surface area contributed by atoms with Crippen LogP contribution in [0.3, 0.4) is 0 Å². The minimum Gasteiger partial charge on any atom is -0.466 e. The normalized spacial score (nSPS) is 11.9. The van der Waals surface area contributed by atoms with E-state index in [1.165, 1.54) is 18.4 Å². The molecule has 0 N–H and O–H groups in total. The second-order valence-electron chi connectivity index (χ2n) is 3.29. The predicted octanol–water partition coefficient (Wildman–Crippen LogP) is 2.16. The molecule has 1 unspecified atom stereocenters. The number of rotatable bonds is 4. The van der Waals surface area contributed by atoms with Gasteiger partial charge in [0, 0.05) is 5.38 Å². The van der Waals surface area contributed by atoms with Crippen LogP contribution in [0.1, 0.15) is 29.3 Å². The van der Waals surface area contributed by atoms with E-state index in [2.05, 4.69) is 4.74 Å². The van der Waals surface area contributed by atoms with Gasteiger partial charge in [-0.25, -0.2) is 9.59 Å². The minimum absolute atomic E-state index is 0.404. The fourth-order valence-electron chi connectivity index (χ4n) is 1.19. The predicted molar refractivity (Wildman–Crippen MR) is 60.6 cm³/mol. The number of methoxy groups -OCH3 is 1. The average molecular weight is 242 g/mol. The first-order valence-electron chi connectivity index (χ1n) is 4.91. The third-order valence-corrected chi connectivity index (χ3v) is 3.02. The van der Waals surface area contributed by atoms with Gasteiger partial charge < -0.3 is 9.47 Å². The summed E-state index contributed by atoms with van der Waals surface area (Å²) in [5.41, 5.74) is 1.36. The van der Waals surface area contributed by atoms with Crippen LogP contribution in [-0.4, -0.2) is 25.2 Å². The van der Waals surface area contributed by atoms with E-state index in [9.17, 15) is 9.59 Å². The monoisotopic (exact) mass is 242 g/mol. The first-order chi connectivity index (χ1) is 7.60. The van der Waals surface area contributed by atoms with Crippen molar-refractivity contribution in [3.63, 3.8) is 0 Å². The second-order valence-corrected chi connectivity index (χ2v) is 4.04. The molecule has 1 aromatic rings. The summed E-state index contributed by atoms with van der Waals surface area (Å²) < 4.78 is 9.61. The first-order valence-corrected chi connectivity index (χ1v) is 5.86. The Hall–Kier alpha value is -1.36. The van der Waals surface area contributed by atoms with Crippen molar-refractivity contribution in [3.8, 4) is 0 Å². The molecule has 1 heterocycles. The van der Waals surface area contributed by atoms with E-state index in [1.54, 1.807) is 12.3 Å². The van der Waals surface area contributed by atoms with Crippen LogP contribution in [0.4, 0.5) is 0 Å². The quantitative estimate of drug-likeness (QED) is 0.759. The molecule has 88 valence electrons. The molecule has 4 nitrogen and oxygen atoms in total. The molecule has 0 aliphatic heterocycles. The third-order valence-electron chi connectivity index (χ3n) is 2.16. The van der Waals surface area contributed by atoms with Crippen molar-refractivity contribution in [3.05, 3.63) is 21.9 Å². The number of hydrogen-bond acceptors (Lipinski definition) is 5. The SMILES string of the molecule is CCC(OC(=O)c1cscc1C)C(=O)OC. The number of carbonyl (C=O) groups is 2. The number of hydrogen-bond donors (Lipinski definition) is 0. The minimum atomic E-state index is -0.822. The molecule has 0 aliphatic carbocycles. The van der Waals surface area contributed by atoms with E-state index < -0.39 is 18.0 Å². The fourth-order valence-corrected chi connectivity index (χ4v) is 2.01. The highest BCUT2D eigenvalue weighted by Crippen LogP contribution is 2.16. The van der Waals surface area contributed by atoms with Crippen LogP contribution < -0.4 is 0 Å². The highest BCUT2D eigenvalue weighted by atomic mass is 32.1. The van der Waals surface area contributed by atoms with E-state index in [0.29, 0.717) is 12.0 Å². The van der Waals surface area contributed by atoms with E-state index >= 15 is 0 Å². The van der Waals surface area contributed by atoms with Gasteiger partial charge in [-0.1, -0.05) is 6.92 Å². The molecule has 0 saturated heterocycles. The van der Waals surface area contributed by atoms with Crippen molar-refractivity contribution in [1.82, 2.24) is 0 Å². The number of ether oxygens (including phenoxy) is 2. The molecule has 1 atom stereocenters. The molecule has 0 saturated carbocycles. The van der Waals surface area contributed by atoms with E-state index in [1.807, 2.05) is 12.3 Å². The van der Waals surface area contributed by atoms with Gasteiger partial charge in [-0.3, -0.25) is 0 Å². The summed E-state index contributed by atoms with van der Waals surface area (Å²) in [4.78, 5) is 22.9. The molecule has 0 aromatic carbocycles. The maximum absolute atomic E-state index is 11.7. The molecule has 0 radical (unpaired) electrons. The summed E-state index contributed by atoms with van der Waals surface area (Å²) in [6.45, 7) is 3.58. The van der Waals surface area contributed by atoms with Crippen LogP contribution >= 0.6 is 11.3 Å². The standard InChI is InChI=1S/C11H14O4S/c1-4-9(11(13)14-3)15-10(12)8-6-16-5-7(8)2/h5-6,9H,4H2,1-3H3. The fraction of sp³-hybridized carbons (Fsp3) is 0.455. The van der Waals surface area contributed by atoms with Gasteiger partial charge in [0.05, 0.1) is 12.7 Å². The molecular weight excluding hydrogens is 228 g/mol. The second kappa shape index (κ2) is 5.65. The zero-order chi connectivity index (χ0) is 12.1. The smallest absolute Gasteiger partial charge is 0.347 e. The summed E-state index contributed by atoms with van der Waals surface area (Å²) in [6, 6.07) is 0. The van der Waals surface area contributed by atoms with Crippen LogP contribution in [0.5, 0.6) is 0 Å². The molecule has 0 fully saturated rings. The van der Waals surface area contributed by atoms with Gasteiger partial charge in [0.25, 0.3) is 0 Å². The summed E-state index contributed by atoms with van der Waals surface area (Å²) in [5, 5.41) is 3.57. The van der Waals surface area contributed by atoms with Crippen LogP contribution in [0.2, 0.25) is 0 Å². The average Bonchev–Trinajstić information content (AvgIpc) is 2.71. The lowest BCUT2D eigenvalue weighted by atomic mass is 10.2. The largest absolute Gasteiger partial charge is 0.466 e.